The Balaban J connectivity index is -0.0000000600. The first-order chi connectivity index (χ1) is 3.13. The molecule has 0 amide bonds. The fourth-order valence-corrected chi connectivity index (χ4v) is 0.301. The van der Waals surface area contributed by atoms with Gasteiger partial charge in [0.25, 0.3) is 0 Å². The van der Waals surface area contributed by atoms with E-state index in [0.717, 1.165) is 6.92 Å². The van der Waals surface area contributed by atoms with Gasteiger partial charge >= 0.3 is 114 Å². The molecule has 1 unspecified atom stereocenters. The van der Waals surface area contributed by atoms with Crippen LogP contribution in [0.25, 0.3) is 0 Å². The summed E-state index contributed by atoms with van der Waals surface area (Å²) in [5.41, 5.74) is 0. The van der Waals surface area contributed by atoms with Gasteiger partial charge in [0.05, 0.1) is 0 Å². The first kappa shape index (κ1) is 23.0. The molecule has 8 heteroatoms. The van der Waals surface area contributed by atoms with Gasteiger partial charge in [0, 0.05) is 6.92 Å². The number of rotatable bonds is 1. The maximum atomic E-state index is 9.68. The average molecular weight is 214 g/mol. The van der Waals surface area contributed by atoms with E-state index < -0.39 is 17.3 Å². The fourth-order valence-electron chi connectivity index (χ4n) is 0.100. The SMILES string of the molecule is CC(=O)OS(=O)O.[CaH2].[NaH].[NaH]. The second-order valence-corrected chi connectivity index (χ2v) is 1.39. The normalized spacial score (nSPS) is 9.00. The minimum atomic E-state index is -2.45. The Kier molecular flexibility index (Phi) is 33.1. The summed E-state index contributed by atoms with van der Waals surface area (Å²) in [6.07, 6.45) is 0. The first-order valence-corrected chi connectivity index (χ1v) is 2.46. The van der Waals surface area contributed by atoms with E-state index in [1.165, 1.54) is 0 Å². The molecular formula is C2H8CaNa2O4S. The molecule has 0 aromatic heterocycles. The molecule has 4 nitrogen and oxygen atoms in total. The van der Waals surface area contributed by atoms with Gasteiger partial charge in [0.2, 0.25) is 0 Å². The quantitative estimate of drug-likeness (QED) is 0.386. The van der Waals surface area contributed by atoms with Gasteiger partial charge in [-0.2, -0.15) is 4.21 Å². The average Bonchev–Trinajstić information content (AvgIpc) is 1.27. The molecule has 0 fully saturated rings. The topological polar surface area (TPSA) is 63.6 Å². The Morgan fingerprint density at radius 2 is 1.80 bits per heavy atom. The molecule has 1 N–H and O–H groups in total. The Bertz CT molecular complexity index is 97.4. The van der Waals surface area contributed by atoms with E-state index in [0.29, 0.717) is 0 Å². The Morgan fingerprint density at radius 1 is 1.50 bits per heavy atom. The van der Waals surface area contributed by atoms with E-state index in [1.54, 1.807) is 0 Å². The van der Waals surface area contributed by atoms with E-state index in [4.69, 9.17) is 4.55 Å². The van der Waals surface area contributed by atoms with Crippen LogP contribution in [-0.4, -0.2) is 112 Å². The number of carbonyl (C=O) groups excluding carboxylic acids is 1. The molecule has 0 spiro atoms. The van der Waals surface area contributed by atoms with Crippen LogP contribution < -0.4 is 0 Å². The van der Waals surface area contributed by atoms with Crippen LogP contribution in [0.4, 0.5) is 0 Å². The second-order valence-electron chi connectivity index (χ2n) is 0.792. The van der Waals surface area contributed by atoms with E-state index in [2.05, 4.69) is 4.18 Å². The van der Waals surface area contributed by atoms with Crippen LogP contribution in [0.1, 0.15) is 6.92 Å². The summed E-state index contributed by atoms with van der Waals surface area (Å²) in [6.45, 7) is 1.05. The van der Waals surface area contributed by atoms with Gasteiger partial charge in [-0.1, -0.05) is 0 Å². The molecule has 0 aromatic rings. The van der Waals surface area contributed by atoms with Crippen LogP contribution in [-0.2, 0) is 20.3 Å². The molecule has 0 aliphatic heterocycles. The molecule has 10 heavy (non-hydrogen) atoms. The fraction of sp³-hybridized carbons (Fsp3) is 0.500. The van der Waals surface area contributed by atoms with Gasteiger partial charge < -0.3 is 4.18 Å². The minimum absolute atomic E-state index is 0. The van der Waals surface area contributed by atoms with Gasteiger partial charge in [-0.15, -0.1) is 0 Å². The van der Waals surface area contributed by atoms with Crippen molar-refractivity contribution in [2.45, 2.75) is 6.92 Å². The van der Waals surface area contributed by atoms with Crippen LogP contribution in [0.3, 0.4) is 0 Å². The summed E-state index contributed by atoms with van der Waals surface area (Å²) in [6, 6.07) is 0. The van der Waals surface area contributed by atoms with Gasteiger partial charge in [-0.25, -0.2) is 0 Å². The number of hydrogen-bond acceptors (Lipinski definition) is 3. The van der Waals surface area contributed by atoms with E-state index in [9.17, 15) is 9.00 Å². The van der Waals surface area contributed by atoms with Crippen molar-refractivity contribution >= 4 is 114 Å². The van der Waals surface area contributed by atoms with Crippen LogP contribution in [0.15, 0.2) is 0 Å². The van der Waals surface area contributed by atoms with Crippen molar-refractivity contribution in [3.05, 3.63) is 0 Å². The van der Waals surface area contributed by atoms with Crippen molar-refractivity contribution in [3.8, 4) is 0 Å². The third-order valence-electron chi connectivity index (χ3n) is 0.189. The molecule has 0 saturated carbocycles. The van der Waals surface area contributed by atoms with Gasteiger partial charge in [-0.05, 0) is 0 Å². The Morgan fingerprint density at radius 3 is 1.80 bits per heavy atom. The number of hydrogen-bond donors (Lipinski definition) is 1. The summed E-state index contributed by atoms with van der Waals surface area (Å²) < 4.78 is 20.9. The van der Waals surface area contributed by atoms with Crippen LogP contribution >= 0.6 is 0 Å². The van der Waals surface area contributed by atoms with Gasteiger partial charge in [0.1, 0.15) is 0 Å². The van der Waals surface area contributed by atoms with Crippen molar-refractivity contribution in [2.24, 2.45) is 0 Å². The van der Waals surface area contributed by atoms with Crippen molar-refractivity contribution in [1.29, 1.82) is 0 Å². The zero-order valence-electron chi connectivity index (χ0n) is 3.58. The predicted octanol–water partition coefficient (Wildman–Crippen LogP) is -2.53. The molecule has 1 atom stereocenters. The summed E-state index contributed by atoms with van der Waals surface area (Å²) in [4.78, 5) is 9.68. The number of carbonyl (C=O) groups is 1. The molecule has 0 aromatic carbocycles. The standard InChI is InChI=1S/C2H4O4S.Ca.2Na.4H/c1-2(3)6-7(4)5;;;;;;;/h1H3,(H,4,5);;;;;;;. The zero-order valence-corrected chi connectivity index (χ0v) is 4.40. The molecule has 0 heterocycles. The van der Waals surface area contributed by atoms with Crippen molar-refractivity contribution in [2.75, 3.05) is 0 Å². The molecule has 0 rings (SSSR count). The molecule has 0 aliphatic carbocycles. The van der Waals surface area contributed by atoms with E-state index in [-0.39, 0.29) is 96.9 Å². The third kappa shape index (κ3) is 22.4. The molecule has 0 bridgehead atoms. The molecule has 0 saturated heterocycles. The van der Waals surface area contributed by atoms with E-state index in [1.807, 2.05) is 0 Å². The van der Waals surface area contributed by atoms with Crippen LogP contribution in [0, 0.1) is 0 Å². The summed E-state index contributed by atoms with van der Waals surface area (Å²) >= 11 is -2.45. The third-order valence-corrected chi connectivity index (χ3v) is 0.566. The monoisotopic (exact) mass is 214 g/mol. The maximum absolute atomic E-state index is 9.68. The summed E-state index contributed by atoms with van der Waals surface area (Å²) in [7, 11) is 0. The second kappa shape index (κ2) is 14.4. The van der Waals surface area contributed by atoms with Crippen LogP contribution in [0.5, 0.6) is 0 Å². The molecule has 0 aliphatic rings. The van der Waals surface area contributed by atoms with Crippen molar-refractivity contribution in [3.63, 3.8) is 0 Å². The van der Waals surface area contributed by atoms with Gasteiger partial charge in [-0.3, -0.25) is 9.35 Å². The zero-order chi connectivity index (χ0) is 5.86. The summed E-state index contributed by atoms with van der Waals surface area (Å²) in [5.74, 6) is -0.763. The first-order valence-electron chi connectivity index (χ1n) is 1.42. The molecular weight excluding hydrogens is 206 g/mol. The van der Waals surface area contributed by atoms with Crippen LogP contribution in [0.2, 0.25) is 0 Å². The van der Waals surface area contributed by atoms with E-state index >= 15 is 0 Å². The van der Waals surface area contributed by atoms with Crippen molar-refractivity contribution in [1.82, 2.24) is 0 Å². The predicted molar refractivity (Wildman–Crippen MR) is 45.4 cm³/mol. The molecule has 0 radical (unpaired) electrons. The summed E-state index contributed by atoms with van der Waals surface area (Å²) in [5, 5.41) is 0. The van der Waals surface area contributed by atoms with Gasteiger partial charge in [0.15, 0.2) is 0 Å². The Hall–Kier alpha value is 2.84. The van der Waals surface area contributed by atoms with Crippen molar-refractivity contribution < 1.29 is 17.7 Å². The Labute approximate surface area is 136 Å². The molecule has 50 valence electrons.